The Kier molecular flexibility index (Phi) is 4.94. The molecule has 0 aliphatic carbocycles. The van der Waals surface area contributed by atoms with Gasteiger partial charge in [0.2, 0.25) is 11.8 Å². The lowest BCUT2D eigenvalue weighted by Gasteiger charge is -2.20. The molecule has 0 bridgehead atoms. The zero-order valence-corrected chi connectivity index (χ0v) is 16.9. The minimum absolute atomic E-state index is 0.0527. The van der Waals surface area contributed by atoms with Gasteiger partial charge in [0.25, 0.3) is 0 Å². The lowest BCUT2D eigenvalue weighted by Crippen LogP contribution is -2.27. The first-order valence-electron chi connectivity index (χ1n) is 9.82. The highest BCUT2D eigenvalue weighted by molar-refractivity contribution is 5.94. The maximum atomic E-state index is 13.6. The van der Waals surface area contributed by atoms with Crippen LogP contribution in [0.15, 0.2) is 53.1 Å². The average molecular weight is 393 g/mol. The summed E-state index contributed by atoms with van der Waals surface area (Å²) in [6.07, 6.45) is 1.43. The van der Waals surface area contributed by atoms with Gasteiger partial charge in [-0.2, -0.15) is 4.98 Å². The molecule has 150 valence electrons. The van der Waals surface area contributed by atoms with Crippen molar-refractivity contribution in [3.8, 4) is 0 Å². The maximum Gasteiger partial charge on any atom is 0.226 e. The molecule has 1 aliphatic heterocycles. The molecule has 2 aromatic carbocycles. The Morgan fingerprint density at radius 3 is 2.79 bits per heavy atom. The van der Waals surface area contributed by atoms with E-state index in [0.29, 0.717) is 24.7 Å². The van der Waals surface area contributed by atoms with E-state index in [2.05, 4.69) is 16.2 Å². The number of hydrogen-bond acceptors (Lipinski definition) is 4. The minimum atomic E-state index is -0.560. The normalized spacial score (nSPS) is 16.1. The standard InChI is InChI=1S/C23H24FN3O2/c1-15(28)27-14-16(19-9-4-5-10-20(19)27)11-12-21-25-22(26-29-21)23(2,3)17-7-6-8-18(24)13-17/h4-10,13,16H,11-12,14H2,1-3H3. The quantitative estimate of drug-likeness (QED) is 0.635. The van der Waals surface area contributed by atoms with E-state index in [4.69, 9.17) is 4.52 Å². The van der Waals surface area contributed by atoms with E-state index in [0.717, 1.165) is 17.7 Å². The van der Waals surface area contributed by atoms with Crippen molar-refractivity contribution in [3.05, 3.63) is 77.2 Å². The highest BCUT2D eigenvalue weighted by atomic mass is 19.1. The van der Waals surface area contributed by atoms with E-state index in [-0.39, 0.29) is 17.6 Å². The van der Waals surface area contributed by atoms with E-state index in [1.807, 2.05) is 43.0 Å². The fourth-order valence-corrected chi connectivity index (χ4v) is 3.95. The molecule has 1 amide bonds. The molecule has 4 rings (SSSR count). The molecule has 2 heterocycles. The van der Waals surface area contributed by atoms with Crippen molar-refractivity contribution >= 4 is 11.6 Å². The molecule has 3 aromatic rings. The number of fused-ring (bicyclic) bond motifs is 1. The number of para-hydroxylation sites is 1. The molecule has 1 aliphatic rings. The van der Waals surface area contributed by atoms with Gasteiger partial charge in [0.05, 0.1) is 5.41 Å². The number of anilines is 1. The predicted octanol–water partition coefficient (Wildman–Crippen LogP) is 4.62. The van der Waals surface area contributed by atoms with Crippen LogP contribution < -0.4 is 4.90 Å². The SMILES string of the molecule is CC(=O)N1CC(CCc2nc(C(C)(C)c3cccc(F)c3)no2)c2ccccc21. The van der Waals surface area contributed by atoms with Crippen LogP contribution in [0, 0.1) is 5.82 Å². The van der Waals surface area contributed by atoms with Crippen LogP contribution in [0.2, 0.25) is 0 Å². The predicted molar refractivity (Wildman–Crippen MR) is 108 cm³/mol. The number of amides is 1. The van der Waals surface area contributed by atoms with Crippen LogP contribution in [0.3, 0.4) is 0 Å². The van der Waals surface area contributed by atoms with Gasteiger partial charge in [0.1, 0.15) is 5.82 Å². The summed E-state index contributed by atoms with van der Waals surface area (Å²) in [5.41, 5.74) is 2.41. The Labute approximate surface area is 169 Å². The fraction of sp³-hybridized carbons (Fsp3) is 0.348. The molecule has 0 saturated carbocycles. The number of aromatic nitrogens is 2. The summed E-state index contributed by atoms with van der Waals surface area (Å²) in [7, 11) is 0. The second-order valence-corrected chi connectivity index (χ2v) is 8.07. The second-order valence-electron chi connectivity index (χ2n) is 8.07. The van der Waals surface area contributed by atoms with Crippen molar-refractivity contribution in [1.82, 2.24) is 10.1 Å². The summed E-state index contributed by atoms with van der Waals surface area (Å²) < 4.78 is 19.1. The van der Waals surface area contributed by atoms with Crippen LogP contribution in [0.5, 0.6) is 0 Å². The number of halogens is 1. The van der Waals surface area contributed by atoms with Crippen LogP contribution in [-0.4, -0.2) is 22.6 Å². The smallest absolute Gasteiger partial charge is 0.226 e. The maximum absolute atomic E-state index is 13.6. The van der Waals surface area contributed by atoms with Gasteiger partial charge in [-0.05, 0) is 49.6 Å². The third kappa shape index (κ3) is 3.67. The fourth-order valence-electron chi connectivity index (χ4n) is 3.95. The second kappa shape index (κ2) is 7.43. The highest BCUT2D eigenvalue weighted by Gasteiger charge is 2.32. The number of carbonyl (C=O) groups is 1. The highest BCUT2D eigenvalue weighted by Crippen LogP contribution is 2.38. The number of rotatable bonds is 5. The van der Waals surface area contributed by atoms with Gasteiger partial charge < -0.3 is 9.42 Å². The Morgan fingerprint density at radius 1 is 1.24 bits per heavy atom. The Balaban J connectivity index is 1.49. The molecule has 0 saturated heterocycles. The van der Waals surface area contributed by atoms with E-state index >= 15 is 0 Å². The summed E-state index contributed by atoms with van der Waals surface area (Å²) in [5, 5.41) is 4.15. The first kappa shape index (κ1) is 19.3. The molecule has 5 nitrogen and oxygen atoms in total. The zero-order valence-electron chi connectivity index (χ0n) is 16.9. The van der Waals surface area contributed by atoms with E-state index in [1.54, 1.807) is 13.0 Å². The van der Waals surface area contributed by atoms with Crippen LogP contribution >= 0.6 is 0 Å². The zero-order chi connectivity index (χ0) is 20.6. The van der Waals surface area contributed by atoms with Crippen molar-refractivity contribution in [1.29, 1.82) is 0 Å². The number of aryl methyl sites for hydroxylation is 1. The average Bonchev–Trinajstić information content (AvgIpc) is 3.32. The summed E-state index contributed by atoms with van der Waals surface area (Å²) >= 11 is 0. The van der Waals surface area contributed by atoms with Crippen molar-refractivity contribution in [2.24, 2.45) is 0 Å². The van der Waals surface area contributed by atoms with Crippen LogP contribution in [0.4, 0.5) is 10.1 Å². The third-order valence-electron chi connectivity index (χ3n) is 5.73. The van der Waals surface area contributed by atoms with Gasteiger partial charge in [-0.25, -0.2) is 4.39 Å². The molecule has 0 spiro atoms. The van der Waals surface area contributed by atoms with E-state index in [1.165, 1.54) is 17.7 Å². The minimum Gasteiger partial charge on any atom is -0.339 e. The summed E-state index contributed by atoms with van der Waals surface area (Å²) in [6.45, 7) is 6.17. The monoisotopic (exact) mass is 393 g/mol. The van der Waals surface area contributed by atoms with Crippen molar-refractivity contribution < 1.29 is 13.7 Å². The molecular formula is C23H24FN3O2. The molecule has 1 atom stereocenters. The Hall–Kier alpha value is -3.02. The van der Waals surface area contributed by atoms with Gasteiger partial charge in [0.15, 0.2) is 5.82 Å². The van der Waals surface area contributed by atoms with Gasteiger partial charge >= 0.3 is 0 Å². The lowest BCUT2D eigenvalue weighted by atomic mass is 9.84. The molecular weight excluding hydrogens is 369 g/mol. The molecule has 0 fully saturated rings. The molecule has 0 radical (unpaired) electrons. The van der Waals surface area contributed by atoms with Crippen LogP contribution in [0.25, 0.3) is 0 Å². The Bertz CT molecular complexity index is 1040. The van der Waals surface area contributed by atoms with Crippen molar-refractivity contribution in [2.45, 2.75) is 44.9 Å². The van der Waals surface area contributed by atoms with E-state index < -0.39 is 5.41 Å². The summed E-state index contributed by atoms with van der Waals surface area (Å²) in [6, 6.07) is 14.5. The molecule has 0 N–H and O–H groups in total. The van der Waals surface area contributed by atoms with Gasteiger partial charge in [-0.1, -0.05) is 35.5 Å². The number of hydrogen-bond donors (Lipinski definition) is 0. The summed E-state index contributed by atoms with van der Waals surface area (Å²) in [4.78, 5) is 18.4. The number of nitrogens with zero attached hydrogens (tertiary/aromatic N) is 3. The first-order chi connectivity index (χ1) is 13.9. The number of benzene rings is 2. The first-order valence-corrected chi connectivity index (χ1v) is 9.82. The van der Waals surface area contributed by atoms with Gasteiger partial charge in [0, 0.05) is 31.5 Å². The summed E-state index contributed by atoms with van der Waals surface area (Å²) in [5.74, 6) is 1.10. The molecule has 6 heteroatoms. The molecule has 1 unspecified atom stereocenters. The van der Waals surface area contributed by atoms with Crippen LogP contribution in [0.1, 0.15) is 56.0 Å². The van der Waals surface area contributed by atoms with Crippen molar-refractivity contribution in [2.75, 3.05) is 11.4 Å². The third-order valence-corrected chi connectivity index (χ3v) is 5.73. The molecule has 1 aromatic heterocycles. The van der Waals surface area contributed by atoms with Gasteiger partial charge in [-0.3, -0.25) is 4.79 Å². The topological polar surface area (TPSA) is 59.2 Å². The number of carbonyl (C=O) groups excluding carboxylic acids is 1. The van der Waals surface area contributed by atoms with Gasteiger partial charge in [-0.15, -0.1) is 0 Å². The largest absolute Gasteiger partial charge is 0.339 e. The van der Waals surface area contributed by atoms with Crippen molar-refractivity contribution in [3.63, 3.8) is 0 Å². The Morgan fingerprint density at radius 2 is 2.03 bits per heavy atom. The van der Waals surface area contributed by atoms with E-state index in [9.17, 15) is 9.18 Å². The molecule has 29 heavy (non-hydrogen) atoms. The lowest BCUT2D eigenvalue weighted by molar-refractivity contribution is -0.116. The van der Waals surface area contributed by atoms with Crippen LogP contribution in [-0.2, 0) is 16.6 Å².